The number of allylic oxidation sites excluding steroid dienone is 1. The minimum Gasteiger partial charge on any atom is -0.388 e. The molecule has 3 rings (SSSR count). The van der Waals surface area contributed by atoms with Gasteiger partial charge in [-0.05, 0) is 31.4 Å². The lowest BCUT2D eigenvalue weighted by atomic mass is 10.0. The zero-order valence-corrected chi connectivity index (χ0v) is 18.3. The maximum Gasteiger partial charge on any atom is 0.272 e. The minimum absolute atomic E-state index is 0.0613. The van der Waals surface area contributed by atoms with Crippen LogP contribution in [0.5, 0.6) is 0 Å². The molecule has 168 valence electrons. The van der Waals surface area contributed by atoms with Crippen molar-refractivity contribution in [3.8, 4) is 0 Å². The van der Waals surface area contributed by atoms with E-state index in [2.05, 4.69) is 10.6 Å². The molecule has 1 aromatic carbocycles. The van der Waals surface area contributed by atoms with Crippen LogP contribution in [0.15, 0.2) is 40.7 Å². The molecular formula is C21H27F2N5O2S. The Bertz CT molecular complexity index is 888. The van der Waals surface area contributed by atoms with Gasteiger partial charge in [0.05, 0.1) is 23.1 Å². The Morgan fingerprint density at radius 2 is 2.03 bits per heavy atom. The Hall–Kier alpha value is -2.43. The average molecular weight is 452 g/mol. The quantitative estimate of drug-likeness (QED) is 0.496. The summed E-state index contributed by atoms with van der Waals surface area (Å²) in [7, 11) is 3.30. The van der Waals surface area contributed by atoms with E-state index in [-0.39, 0.29) is 29.1 Å². The highest BCUT2D eigenvalue weighted by atomic mass is 32.2. The van der Waals surface area contributed by atoms with E-state index in [9.17, 15) is 13.6 Å². The molecule has 7 nitrogen and oxygen atoms in total. The molecule has 2 aliphatic rings. The summed E-state index contributed by atoms with van der Waals surface area (Å²) in [5.74, 6) is -1.81. The Kier molecular flexibility index (Phi) is 7.69. The SMILES string of the molecule is CN/C(=C(\C=N)NC(=O)C1=CSC(c2c(F)cccc2F)N1C)C1CCC(N)CCO1. The Labute approximate surface area is 184 Å². The van der Waals surface area contributed by atoms with Gasteiger partial charge in [-0.15, -0.1) is 11.8 Å². The number of likely N-dealkylation sites (N-methyl/N-ethyl adjacent to an activating group) is 2. The van der Waals surface area contributed by atoms with Gasteiger partial charge in [0.15, 0.2) is 0 Å². The number of carbonyl (C=O) groups excluding carboxylic acids is 1. The van der Waals surface area contributed by atoms with Crippen LogP contribution in [0.25, 0.3) is 0 Å². The van der Waals surface area contributed by atoms with Gasteiger partial charge >= 0.3 is 0 Å². The van der Waals surface area contributed by atoms with Crippen molar-refractivity contribution >= 4 is 23.9 Å². The fourth-order valence-electron chi connectivity index (χ4n) is 3.67. The van der Waals surface area contributed by atoms with Crippen molar-refractivity contribution in [1.29, 1.82) is 5.41 Å². The van der Waals surface area contributed by atoms with E-state index in [4.69, 9.17) is 15.9 Å². The van der Waals surface area contributed by atoms with Crippen LogP contribution in [0, 0.1) is 17.0 Å². The monoisotopic (exact) mass is 451 g/mol. The van der Waals surface area contributed by atoms with Crippen molar-refractivity contribution in [2.24, 2.45) is 5.73 Å². The van der Waals surface area contributed by atoms with Crippen LogP contribution in [0.1, 0.15) is 30.2 Å². The van der Waals surface area contributed by atoms with Crippen molar-refractivity contribution in [3.05, 3.63) is 57.9 Å². The lowest BCUT2D eigenvalue weighted by Gasteiger charge is -2.26. The molecule has 1 saturated heterocycles. The third kappa shape index (κ3) is 5.08. The Morgan fingerprint density at radius 1 is 1.32 bits per heavy atom. The molecule has 1 amide bonds. The fourth-order valence-corrected chi connectivity index (χ4v) is 4.86. The van der Waals surface area contributed by atoms with Crippen LogP contribution in [-0.2, 0) is 9.53 Å². The van der Waals surface area contributed by atoms with E-state index < -0.39 is 22.9 Å². The van der Waals surface area contributed by atoms with Gasteiger partial charge in [-0.2, -0.15) is 0 Å². The zero-order chi connectivity index (χ0) is 22.5. The summed E-state index contributed by atoms with van der Waals surface area (Å²) >= 11 is 1.14. The van der Waals surface area contributed by atoms with Gasteiger partial charge in [-0.3, -0.25) is 4.79 Å². The van der Waals surface area contributed by atoms with Gasteiger partial charge < -0.3 is 31.4 Å². The van der Waals surface area contributed by atoms with Crippen LogP contribution in [0.2, 0.25) is 0 Å². The van der Waals surface area contributed by atoms with Crippen molar-refractivity contribution in [2.75, 3.05) is 20.7 Å². The van der Waals surface area contributed by atoms with Gasteiger partial charge in [0.1, 0.15) is 22.7 Å². The van der Waals surface area contributed by atoms with Crippen LogP contribution >= 0.6 is 11.8 Å². The molecule has 0 spiro atoms. The number of amides is 1. The number of carbonyl (C=O) groups is 1. The minimum atomic E-state index is -0.704. The molecule has 1 aromatic rings. The predicted molar refractivity (Wildman–Crippen MR) is 117 cm³/mol. The van der Waals surface area contributed by atoms with Crippen molar-refractivity contribution in [3.63, 3.8) is 0 Å². The Balaban J connectivity index is 1.77. The van der Waals surface area contributed by atoms with Crippen molar-refractivity contribution < 1.29 is 18.3 Å². The molecule has 0 radical (unpaired) electrons. The summed E-state index contributed by atoms with van der Waals surface area (Å²) < 4.78 is 34.3. The molecule has 2 heterocycles. The van der Waals surface area contributed by atoms with Crippen LogP contribution in [-0.4, -0.2) is 49.9 Å². The standard InChI is InChI=1S/C21H27F2N5O2S/c1-26-19(17-7-6-12(25)8-9-30-17)15(10-24)27-20(29)16-11-31-21(28(16)2)18-13(22)4-3-5-14(18)23/h3-5,10-12,17,21,24,26H,6-9,25H2,1-2H3,(H,27,29)/b19-15+,24-10?. The number of nitrogens with one attached hydrogen (secondary N) is 3. The first-order valence-electron chi connectivity index (χ1n) is 10.0. The van der Waals surface area contributed by atoms with E-state index in [1.807, 2.05) is 0 Å². The molecular weight excluding hydrogens is 424 g/mol. The van der Waals surface area contributed by atoms with E-state index in [1.165, 1.54) is 23.1 Å². The molecule has 0 saturated carbocycles. The summed E-state index contributed by atoms with van der Waals surface area (Å²) in [6.07, 6.45) is 2.92. The molecule has 31 heavy (non-hydrogen) atoms. The summed E-state index contributed by atoms with van der Waals surface area (Å²) in [6.45, 7) is 0.497. The van der Waals surface area contributed by atoms with Gasteiger partial charge in [-0.25, -0.2) is 8.78 Å². The smallest absolute Gasteiger partial charge is 0.272 e. The number of benzene rings is 1. The summed E-state index contributed by atoms with van der Waals surface area (Å²) in [5.41, 5.74) is 7.01. The first kappa shape index (κ1) is 23.2. The van der Waals surface area contributed by atoms with E-state index in [0.717, 1.165) is 30.8 Å². The van der Waals surface area contributed by atoms with Gasteiger partial charge in [0.25, 0.3) is 5.91 Å². The number of halogens is 2. The normalized spacial score (nSPS) is 24.7. The van der Waals surface area contributed by atoms with Crippen LogP contribution in [0.4, 0.5) is 8.78 Å². The van der Waals surface area contributed by atoms with Crippen molar-refractivity contribution in [2.45, 2.75) is 36.8 Å². The second kappa shape index (κ2) is 10.3. The first-order valence-corrected chi connectivity index (χ1v) is 10.9. The van der Waals surface area contributed by atoms with Gasteiger partial charge in [0.2, 0.25) is 0 Å². The maximum atomic E-state index is 14.2. The lowest BCUT2D eigenvalue weighted by Crippen LogP contribution is -2.36. The maximum absolute atomic E-state index is 14.2. The van der Waals surface area contributed by atoms with E-state index in [0.29, 0.717) is 18.7 Å². The number of hydrogen-bond acceptors (Lipinski definition) is 7. The number of nitrogens with zero attached hydrogens (tertiary/aromatic N) is 1. The van der Waals surface area contributed by atoms with Crippen LogP contribution < -0.4 is 16.4 Å². The van der Waals surface area contributed by atoms with E-state index >= 15 is 0 Å². The molecule has 3 atom stereocenters. The number of thioether (sulfide) groups is 1. The molecule has 1 fully saturated rings. The number of hydrogen-bond donors (Lipinski definition) is 4. The van der Waals surface area contributed by atoms with Crippen molar-refractivity contribution in [1.82, 2.24) is 15.5 Å². The first-order chi connectivity index (χ1) is 14.9. The third-order valence-electron chi connectivity index (χ3n) is 5.40. The highest BCUT2D eigenvalue weighted by molar-refractivity contribution is 8.02. The van der Waals surface area contributed by atoms with Gasteiger partial charge in [-0.1, -0.05) is 6.07 Å². The predicted octanol–water partition coefficient (Wildman–Crippen LogP) is 2.58. The fraction of sp³-hybridized carbons (Fsp3) is 0.429. The molecule has 2 aliphatic heterocycles. The molecule has 0 aliphatic carbocycles. The zero-order valence-electron chi connectivity index (χ0n) is 17.5. The largest absolute Gasteiger partial charge is 0.388 e. The average Bonchev–Trinajstić information content (AvgIpc) is 2.98. The second-order valence-electron chi connectivity index (χ2n) is 7.40. The van der Waals surface area contributed by atoms with Crippen LogP contribution in [0.3, 0.4) is 0 Å². The molecule has 0 aromatic heterocycles. The number of rotatable bonds is 6. The third-order valence-corrected chi connectivity index (χ3v) is 6.57. The molecule has 10 heteroatoms. The number of nitrogens with two attached hydrogens (primary N) is 1. The molecule has 3 unspecified atom stereocenters. The highest BCUT2D eigenvalue weighted by Crippen LogP contribution is 2.43. The summed E-state index contributed by atoms with van der Waals surface area (Å²) in [5, 5.41) is 14.4. The molecule has 0 bridgehead atoms. The second-order valence-corrected chi connectivity index (χ2v) is 8.35. The highest BCUT2D eigenvalue weighted by Gasteiger charge is 2.33. The molecule has 5 N–H and O–H groups in total. The summed E-state index contributed by atoms with van der Waals surface area (Å²) in [6, 6.07) is 3.75. The lowest BCUT2D eigenvalue weighted by molar-refractivity contribution is -0.118. The summed E-state index contributed by atoms with van der Waals surface area (Å²) in [4.78, 5) is 14.5. The van der Waals surface area contributed by atoms with E-state index in [1.54, 1.807) is 19.5 Å². The Morgan fingerprint density at radius 3 is 2.68 bits per heavy atom. The topological polar surface area (TPSA) is 103 Å². The van der Waals surface area contributed by atoms with Gasteiger partial charge in [0, 0.05) is 38.4 Å². The number of ether oxygens (including phenoxy) is 1.